The Bertz CT molecular complexity index is 3020. The first-order valence-electron chi connectivity index (χ1n) is 17.6. The average molecular weight is 606 g/mol. The van der Waals surface area contributed by atoms with Gasteiger partial charge < -0.3 is 13.7 Å². The molecule has 10 aromatic rings. The maximum Gasteiger partial charge on any atom is 0.143 e. The summed E-state index contributed by atoms with van der Waals surface area (Å²) in [4.78, 5) is 1.88. The summed E-state index contributed by atoms with van der Waals surface area (Å²) in [5.41, 5.74) is 5.13. The number of benzene rings is 8. The molecule has 0 unspecified atom stereocenters. The van der Waals surface area contributed by atoms with Crippen LogP contribution < -0.4 is 4.90 Å². The Kier molecular flexibility index (Phi) is 4.78. The zero-order valence-corrected chi connectivity index (χ0v) is 25.0. The molecule has 8 aromatic carbocycles. The van der Waals surface area contributed by atoms with Crippen LogP contribution in [0.15, 0.2) is 173 Å². The van der Waals surface area contributed by atoms with Crippen molar-refractivity contribution in [3.8, 4) is 11.1 Å². The van der Waals surface area contributed by atoms with Gasteiger partial charge in [0, 0.05) is 32.6 Å². The third kappa shape index (κ3) is 4.00. The molecule has 220 valence electrons. The normalized spacial score (nSPS) is 13.0. The molecule has 0 fully saturated rings. The van der Waals surface area contributed by atoms with Crippen molar-refractivity contribution >= 4 is 82.5 Å². The van der Waals surface area contributed by atoms with E-state index in [0.717, 1.165) is 59.9 Å². The minimum absolute atomic E-state index is 0.137. The standard InChI is InChI=1S/C44H27NO2/c1-3-12-33-29(9-1)11-7-15-38(33)45(39-16-8-18-41-43(39)37-26-21-30-10-2-4-13-34(30)44(37)47-41)32-23-19-28(20-24-32)31-22-25-36-35-14-5-6-17-40(35)46-42(36)27-31/h1-27H/i19D,20D,23D,24D. The average Bonchev–Trinajstić information content (AvgIpc) is 3.74. The Labute approximate surface area is 276 Å². The molecule has 0 aliphatic carbocycles. The molecule has 10 rings (SSSR count). The van der Waals surface area contributed by atoms with Gasteiger partial charge in [0.1, 0.15) is 22.3 Å². The van der Waals surface area contributed by atoms with Gasteiger partial charge in [-0.05, 0) is 76.4 Å². The highest BCUT2D eigenvalue weighted by Gasteiger charge is 2.21. The quantitative estimate of drug-likeness (QED) is 0.200. The third-order valence-corrected chi connectivity index (χ3v) is 9.12. The molecular weight excluding hydrogens is 574 g/mol. The highest BCUT2D eigenvalue weighted by atomic mass is 16.3. The van der Waals surface area contributed by atoms with Gasteiger partial charge in [0.2, 0.25) is 0 Å². The second-order valence-corrected chi connectivity index (χ2v) is 11.8. The van der Waals surface area contributed by atoms with Crippen LogP contribution in [0, 0.1) is 0 Å². The van der Waals surface area contributed by atoms with E-state index in [2.05, 4.69) is 18.2 Å². The minimum Gasteiger partial charge on any atom is -0.456 e. The summed E-state index contributed by atoms with van der Waals surface area (Å²) in [5.74, 6) is 0. The van der Waals surface area contributed by atoms with Crippen LogP contribution in [0.2, 0.25) is 0 Å². The molecule has 3 nitrogen and oxygen atoms in total. The van der Waals surface area contributed by atoms with E-state index in [-0.39, 0.29) is 35.4 Å². The lowest BCUT2D eigenvalue weighted by Crippen LogP contribution is -2.10. The van der Waals surface area contributed by atoms with E-state index in [9.17, 15) is 5.48 Å². The molecule has 0 aliphatic heterocycles. The number of para-hydroxylation sites is 1. The molecule has 0 saturated heterocycles. The number of fused-ring (bicyclic) bond motifs is 9. The van der Waals surface area contributed by atoms with Crippen molar-refractivity contribution in [3.05, 3.63) is 164 Å². The summed E-state index contributed by atoms with van der Waals surface area (Å²) >= 11 is 0. The molecular formula is C44H27NO2. The fraction of sp³-hybridized carbons (Fsp3) is 0. The SMILES string of the molecule is [2H]c1c([2H])c(N(c2cccc3ccccc23)c2cccc3oc4c5ccccc5ccc4c23)c([2H])c([2H])c1-c1ccc2c(c1)oc1ccccc12. The van der Waals surface area contributed by atoms with E-state index in [1.54, 1.807) is 0 Å². The van der Waals surface area contributed by atoms with Crippen molar-refractivity contribution in [1.82, 2.24) is 0 Å². The second-order valence-electron chi connectivity index (χ2n) is 11.8. The predicted octanol–water partition coefficient (Wildman–Crippen LogP) is 12.9. The van der Waals surface area contributed by atoms with Gasteiger partial charge in [0.05, 0.1) is 22.2 Å². The van der Waals surface area contributed by atoms with Gasteiger partial charge in [-0.2, -0.15) is 0 Å². The Morgan fingerprint density at radius 1 is 0.426 bits per heavy atom. The summed E-state index contributed by atoms with van der Waals surface area (Å²) in [6, 6.07) is 44.8. The molecule has 0 saturated carbocycles. The maximum atomic E-state index is 9.57. The van der Waals surface area contributed by atoms with E-state index in [1.165, 1.54) is 0 Å². The lowest BCUT2D eigenvalue weighted by atomic mass is 10.0. The molecule has 0 bridgehead atoms. The van der Waals surface area contributed by atoms with Crippen molar-refractivity contribution < 1.29 is 14.3 Å². The van der Waals surface area contributed by atoms with Crippen molar-refractivity contribution in [2.24, 2.45) is 0 Å². The van der Waals surface area contributed by atoms with Crippen molar-refractivity contribution in [2.45, 2.75) is 0 Å². The Morgan fingerprint density at radius 2 is 1.06 bits per heavy atom. The Morgan fingerprint density at radius 3 is 1.94 bits per heavy atom. The lowest BCUT2D eigenvalue weighted by molar-refractivity contribution is 0.669. The van der Waals surface area contributed by atoms with Gasteiger partial charge >= 0.3 is 0 Å². The van der Waals surface area contributed by atoms with Crippen LogP contribution in [-0.2, 0) is 0 Å². The largest absolute Gasteiger partial charge is 0.456 e. The van der Waals surface area contributed by atoms with Gasteiger partial charge in [-0.3, -0.25) is 0 Å². The predicted molar refractivity (Wildman–Crippen MR) is 196 cm³/mol. The monoisotopic (exact) mass is 605 g/mol. The van der Waals surface area contributed by atoms with Crippen LogP contribution >= 0.6 is 0 Å². The second kappa shape index (κ2) is 10.1. The highest BCUT2D eigenvalue weighted by molar-refractivity contribution is 6.20. The Hall–Kier alpha value is -6.32. The van der Waals surface area contributed by atoms with Crippen LogP contribution in [0.4, 0.5) is 17.1 Å². The molecule has 47 heavy (non-hydrogen) atoms. The number of hydrogen-bond donors (Lipinski definition) is 0. The zero-order chi connectivity index (χ0) is 34.4. The van der Waals surface area contributed by atoms with Crippen LogP contribution in [0.1, 0.15) is 5.48 Å². The zero-order valence-electron chi connectivity index (χ0n) is 29.0. The summed E-state index contributed by atoms with van der Waals surface area (Å²) in [7, 11) is 0. The molecule has 0 spiro atoms. The molecule has 2 aromatic heterocycles. The van der Waals surface area contributed by atoms with Gasteiger partial charge in [-0.25, -0.2) is 0 Å². The molecule has 0 radical (unpaired) electrons. The number of hydrogen-bond acceptors (Lipinski definition) is 3. The van der Waals surface area contributed by atoms with Crippen molar-refractivity contribution in [2.75, 3.05) is 4.90 Å². The Balaban J connectivity index is 1.27. The molecule has 0 atom stereocenters. The van der Waals surface area contributed by atoms with E-state index < -0.39 is 0 Å². The number of furan rings is 2. The van der Waals surface area contributed by atoms with Crippen LogP contribution in [0.5, 0.6) is 0 Å². The molecule has 2 heterocycles. The highest BCUT2D eigenvalue weighted by Crippen LogP contribution is 2.46. The van der Waals surface area contributed by atoms with E-state index in [0.29, 0.717) is 22.4 Å². The van der Waals surface area contributed by atoms with Crippen LogP contribution in [0.3, 0.4) is 0 Å². The number of anilines is 3. The van der Waals surface area contributed by atoms with Crippen molar-refractivity contribution in [3.63, 3.8) is 0 Å². The van der Waals surface area contributed by atoms with E-state index in [4.69, 9.17) is 8.83 Å². The van der Waals surface area contributed by atoms with Gasteiger partial charge in [0.15, 0.2) is 0 Å². The van der Waals surface area contributed by atoms with Crippen molar-refractivity contribution in [1.29, 1.82) is 0 Å². The minimum atomic E-state index is -0.154. The summed E-state index contributed by atoms with van der Waals surface area (Å²) in [5, 5.41) is 7.58. The van der Waals surface area contributed by atoms with Crippen LogP contribution in [0.25, 0.3) is 76.5 Å². The summed E-state index contributed by atoms with van der Waals surface area (Å²) < 4.78 is 50.6. The fourth-order valence-electron chi connectivity index (χ4n) is 6.94. The first-order chi connectivity index (χ1) is 25.0. The van der Waals surface area contributed by atoms with Gasteiger partial charge in [-0.1, -0.05) is 109 Å². The molecule has 0 amide bonds. The first kappa shape index (κ1) is 22.2. The summed E-state index contributed by atoms with van der Waals surface area (Å²) in [6.45, 7) is 0. The smallest absolute Gasteiger partial charge is 0.143 e. The van der Waals surface area contributed by atoms with E-state index >= 15 is 0 Å². The molecule has 0 N–H and O–H groups in total. The lowest BCUT2D eigenvalue weighted by Gasteiger charge is -2.27. The van der Waals surface area contributed by atoms with E-state index in [1.807, 2.05) is 126 Å². The van der Waals surface area contributed by atoms with Crippen LogP contribution in [-0.4, -0.2) is 0 Å². The van der Waals surface area contributed by atoms with Gasteiger partial charge in [0.25, 0.3) is 0 Å². The topological polar surface area (TPSA) is 29.5 Å². The van der Waals surface area contributed by atoms with Gasteiger partial charge in [-0.15, -0.1) is 0 Å². The first-order valence-corrected chi connectivity index (χ1v) is 15.6. The molecule has 0 aliphatic rings. The third-order valence-electron chi connectivity index (χ3n) is 9.12. The fourth-order valence-corrected chi connectivity index (χ4v) is 6.94. The number of nitrogens with zero attached hydrogens (tertiary/aromatic N) is 1. The number of rotatable bonds is 4. The summed E-state index contributed by atoms with van der Waals surface area (Å²) in [6.07, 6.45) is 0. The maximum absolute atomic E-state index is 9.57. The molecule has 3 heteroatoms.